The van der Waals surface area contributed by atoms with E-state index in [0.717, 1.165) is 4.31 Å². The minimum Gasteiger partial charge on any atom is -0.454 e. The normalized spacial score (nSPS) is 13.3. The Morgan fingerprint density at radius 3 is 2.32 bits per heavy atom. The largest absolute Gasteiger partial charge is 0.454 e. The van der Waals surface area contributed by atoms with Gasteiger partial charge in [-0.2, -0.15) is 0 Å². The fourth-order valence-electron chi connectivity index (χ4n) is 3.96. The number of carbonyl (C=O) groups is 2. The van der Waals surface area contributed by atoms with Crippen LogP contribution in [0.2, 0.25) is 10.0 Å². The highest BCUT2D eigenvalue weighted by atomic mass is 35.5. The van der Waals surface area contributed by atoms with Crippen LogP contribution in [0.25, 0.3) is 0 Å². The number of carbonyl (C=O) groups excluding carboxylic acids is 2. The van der Waals surface area contributed by atoms with Gasteiger partial charge in [0.05, 0.1) is 11.4 Å². The molecule has 1 N–H and O–H groups in total. The molecule has 1 atom stereocenters. The van der Waals surface area contributed by atoms with Crippen LogP contribution in [0.15, 0.2) is 36.4 Å². The molecule has 1 aliphatic rings. The van der Waals surface area contributed by atoms with Gasteiger partial charge in [0.1, 0.15) is 12.6 Å². The lowest BCUT2D eigenvalue weighted by atomic mass is 10.1. The molecule has 1 heterocycles. The Kier molecular flexibility index (Phi) is 10.1. The van der Waals surface area contributed by atoms with Crippen LogP contribution in [0.4, 0.5) is 5.69 Å². The van der Waals surface area contributed by atoms with Crippen molar-refractivity contribution in [3.05, 3.63) is 52.0 Å². The number of anilines is 1. The molecule has 0 spiro atoms. The van der Waals surface area contributed by atoms with E-state index in [2.05, 4.69) is 5.32 Å². The number of fused-ring (bicyclic) bond motifs is 1. The molecule has 0 radical (unpaired) electrons. The first-order valence-corrected chi connectivity index (χ1v) is 14.7. The fourth-order valence-corrected chi connectivity index (χ4v) is 5.53. The second kappa shape index (κ2) is 12.9. The molecule has 0 bridgehead atoms. The lowest BCUT2D eigenvalue weighted by Crippen LogP contribution is -2.52. The molecule has 0 aliphatic carbocycles. The number of halogens is 2. The summed E-state index contributed by atoms with van der Waals surface area (Å²) >= 11 is 12.8. The summed E-state index contributed by atoms with van der Waals surface area (Å²) in [6.45, 7) is 7.05. The standard InChI is InChI=1S/C26H33Cl2N3O6S/c1-5-22(26(33)29-13-17(3)4)30(14-19-20(27)8-7-9-21(19)28)25(32)15-31(38(34,35)6-2)18-10-11-23-24(12-18)37-16-36-23/h7-12,17,22H,5-6,13-16H2,1-4H3,(H,29,33). The molecule has 208 valence electrons. The molecule has 2 aromatic carbocycles. The Balaban J connectivity index is 2.00. The average molecular weight is 587 g/mol. The lowest BCUT2D eigenvalue weighted by Gasteiger charge is -2.33. The van der Waals surface area contributed by atoms with Gasteiger partial charge in [-0.05, 0) is 43.5 Å². The third kappa shape index (κ3) is 7.03. The Morgan fingerprint density at radius 1 is 1.05 bits per heavy atom. The zero-order chi connectivity index (χ0) is 28.0. The SMILES string of the molecule is CCC(C(=O)NCC(C)C)N(Cc1c(Cl)cccc1Cl)C(=O)CN(c1ccc2c(c1)OCO2)S(=O)(=O)CC. The van der Waals surface area contributed by atoms with Gasteiger partial charge in [0, 0.05) is 34.8 Å². The molecule has 2 amide bonds. The van der Waals surface area contributed by atoms with Gasteiger partial charge in [0.15, 0.2) is 11.5 Å². The minimum atomic E-state index is -3.89. The van der Waals surface area contributed by atoms with E-state index in [-0.39, 0.29) is 36.6 Å². The third-order valence-corrected chi connectivity index (χ3v) is 8.53. The van der Waals surface area contributed by atoms with Gasteiger partial charge >= 0.3 is 0 Å². The van der Waals surface area contributed by atoms with Crippen LogP contribution in [0.1, 0.15) is 39.7 Å². The highest BCUT2D eigenvalue weighted by molar-refractivity contribution is 7.92. The van der Waals surface area contributed by atoms with Crippen molar-refractivity contribution in [2.24, 2.45) is 5.92 Å². The lowest BCUT2D eigenvalue weighted by molar-refractivity contribution is -0.140. The number of hydrogen-bond donors (Lipinski definition) is 1. The van der Waals surface area contributed by atoms with E-state index in [0.29, 0.717) is 40.1 Å². The Labute approximate surface area is 234 Å². The van der Waals surface area contributed by atoms with Gasteiger partial charge < -0.3 is 19.7 Å². The molecule has 0 fully saturated rings. The topological polar surface area (TPSA) is 105 Å². The number of benzene rings is 2. The summed E-state index contributed by atoms with van der Waals surface area (Å²) in [6, 6.07) is 8.76. The van der Waals surface area contributed by atoms with Crippen LogP contribution in [0, 0.1) is 5.92 Å². The second-order valence-corrected chi connectivity index (χ2v) is 12.2. The molecule has 1 unspecified atom stereocenters. The molecular formula is C26H33Cl2N3O6S. The van der Waals surface area contributed by atoms with E-state index in [9.17, 15) is 18.0 Å². The smallest absolute Gasteiger partial charge is 0.244 e. The maximum absolute atomic E-state index is 13.9. The third-order valence-electron chi connectivity index (χ3n) is 6.08. The van der Waals surface area contributed by atoms with Gasteiger partial charge in [-0.3, -0.25) is 13.9 Å². The number of nitrogens with zero attached hydrogens (tertiary/aromatic N) is 2. The molecular weight excluding hydrogens is 553 g/mol. The van der Waals surface area contributed by atoms with Crippen molar-refractivity contribution in [2.75, 3.05) is 29.9 Å². The number of hydrogen-bond acceptors (Lipinski definition) is 6. The van der Waals surface area contributed by atoms with Crippen molar-refractivity contribution in [3.8, 4) is 11.5 Å². The van der Waals surface area contributed by atoms with Crippen molar-refractivity contribution in [3.63, 3.8) is 0 Å². The van der Waals surface area contributed by atoms with Gasteiger partial charge in [-0.1, -0.05) is 50.0 Å². The Hall–Kier alpha value is -2.69. The Bertz CT molecular complexity index is 1250. The maximum Gasteiger partial charge on any atom is 0.244 e. The highest BCUT2D eigenvalue weighted by Crippen LogP contribution is 2.36. The summed E-state index contributed by atoms with van der Waals surface area (Å²) in [5, 5.41) is 3.55. The fraction of sp³-hybridized carbons (Fsp3) is 0.462. The summed E-state index contributed by atoms with van der Waals surface area (Å²) in [4.78, 5) is 28.4. The molecule has 1 aliphatic heterocycles. The molecule has 0 saturated carbocycles. The molecule has 3 rings (SSSR count). The number of nitrogens with one attached hydrogen (secondary N) is 1. The van der Waals surface area contributed by atoms with Crippen molar-refractivity contribution < 1.29 is 27.5 Å². The molecule has 38 heavy (non-hydrogen) atoms. The summed E-state index contributed by atoms with van der Waals surface area (Å²) in [7, 11) is -3.89. The van der Waals surface area contributed by atoms with Gasteiger partial charge in [-0.25, -0.2) is 8.42 Å². The highest BCUT2D eigenvalue weighted by Gasteiger charge is 2.33. The molecule has 9 nitrogen and oxygen atoms in total. The first-order valence-electron chi connectivity index (χ1n) is 12.4. The number of sulfonamides is 1. The Morgan fingerprint density at radius 2 is 1.71 bits per heavy atom. The van der Waals surface area contributed by atoms with E-state index in [4.69, 9.17) is 32.7 Å². The zero-order valence-corrected chi connectivity index (χ0v) is 24.2. The van der Waals surface area contributed by atoms with Gasteiger partial charge in [0.2, 0.25) is 28.6 Å². The monoisotopic (exact) mass is 585 g/mol. The van der Waals surface area contributed by atoms with Crippen LogP contribution in [0.5, 0.6) is 11.5 Å². The summed E-state index contributed by atoms with van der Waals surface area (Å²) in [5.41, 5.74) is 0.713. The van der Waals surface area contributed by atoms with Gasteiger partial charge in [-0.15, -0.1) is 0 Å². The van der Waals surface area contributed by atoms with E-state index in [1.54, 1.807) is 37.3 Å². The predicted octanol–water partition coefficient (Wildman–Crippen LogP) is 4.46. The van der Waals surface area contributed by atoms with Crippen molar-refractivity contribution in [1.29, 1.82) is 0 Å². The van der Waals surface area contributed by atoms with Crippen LogP contribution in [-0.4, -0.2) is 56.8 Å². The zero-order valence-electron chi connectivity index (χ0n) is 21.9. The van der Waals surface area contributed by atoms with E-state index >= 15 is 0 Å². The second-order valence-electron chi connectivity index (χ2n) is 9.23. The molecule has 0 aromatic heterocycles. The van der Waals surface area contributed by atoms with E-state index in [1.807, 2.05) is 13.8 Å². The van der Waals surface area contributed by atoms with Crippen LogP contribution in [-0.2, 0) is 26.2 Å². The van der Waals surface area contributed by atoms with Crippen LogP contribution < -0.4 is 19.1 Å². The van der Waals surface area contributed by atoms with Crippen molar-refractivity contribution >= 4 is 50.7 Å². The minimum absolute atomic E-state index is 0.0221. The van der Waals surface area contributed by atoms with Crippen molar-refractivity contribution in [1.82, 2.24) is 10.2 Å². The number of amides is 2. The molecule has 2 aromatic rings. The van der Waals surface area contributed by atoms with E-state index in [1.165, 1.54) is 17.9 Å². The number of ether oxygens (including phenoxy) is 2. The van der Waals surface area contributed by atoms with Crippen molar-refractivity contribution in [2.45, 2.75) is 46.7 Å². The first kappa shape index (κ1) is 29.9. The molecule has 0 saturated heterocycles. The molecule has 12 heteroatoms. The van der Waals surface area contributed by atoms with Crippen LogP contribution >= 0.6 is 23.2 Å². The van der Waals surface area contributed by atoms with Gasteiger partial charge in [0.25, 0.3) is 0 Å². The predicted molar refractivity (Wildman–Crippen MR) is 148 cm³/mol. The maximum atomic E-state index is 13.9. The summed E-state index contributed by atoms with van der Waals surface area (Å²) < 4.78 is 38.0. The number of rotatable bonds is 12. The quantitative estimate of drug-likeness (QED) is 0.394. The summed E-state index contributed by atoms with van der Waals surface area (Å²) in [6.07, 6.45) is 0.294. The average Bonchev–Trinajstić information content (AvgIpc) is 3.35. The summed E-state index contributed by atoms with van der Waals surface area (Å²) in [5.74, 6) is -0.0954. The first-order chi connectivity index (χ1) is 18.0. The van der Waals surface area contributed by atoms with Crippen LogP contribution in [0.3, 0.4) is 0 Å². The van der Waals surface area contributed by atoms with E-state index < -0.39 is 28.5 Å².